The van der Waals surface area contributed by atoms with Gasteiger partial charge in [-0.25, -0.2) is 0 Å². The molecule has 0 amide bonds. The molecule has 0 aromatic heterocycles. The second kappa shape index (κ2) is 26.6. The summed E-state index contributed by atoms with van der Waals surface area (Å²) < 4.78 is 13.4. The number of ether oxygens (including phenoxy) is 2. The Morgan fingerprint density at radius 1 is 0.500 bits per heavy atom. The summed E-state index contributed by atoms with van der Waals surface area (Å²) in [5.74, 6) is 1.74. The van der Waals surface area contributed by atoms with E-state index in [1.165, 1.54) is 121 Å². The van der Waals surface area contributed by atoms with Crippen LogP contribution in [0, 0.1) is 0 Å². The quantitative estimate of drug-likeness (QED) is 0.0492. The molecule has 1 aromatic carbocycles. The van der Waals surface area contributed by atoms with Crippen molar-refractivity contribution in [1.29, 1.82) is 0 Å². The molecule has 1 rings (SSSR count). The average Bonchev–Trinajstić information content (AvgIpc) is 2.99. The highest BCUT2D eigenvalue weighted by molar-refractivity contribution is 5.55. The van der Waals surface area contributed by atoms with E-state index in [0.717, 1.165) is 57.2 Å². The topological polar surface area (TPSA) is 18.5 Å². The zero-order valence-corrected chi connectivity index (χ0v) is 28.0. The Morgan fingerprint density at radius 3 is 1.24 bits per heavy atom. The van der Waals surface area contributed by atoms with Gasteiger partial charge in [-0.15, -0.1) is 0 Å². The van der Waals surface area contributed by atoms with Crippen LogP contribution < -0.4 is 14.0 Å². The summed E-state index contributed by atoms with van der Waals surface area (Å²) in [6.45, 7) is 20.6. The molecule has 0 radical (unpaired) electrons. The molecule has 1 aromatic rings. The summed E-state index contributed by atoms with van der Waals surface area (Å²) >= 11 is 0. The molecule has 0 aliphatic heterocycles. The van der Waals surface area contributed by atoms with Gasteiger partial charge in [0.1, 0.15) is 25.3 Å². The van der Waals surface area contributed by atoms with Crippen LogP contribution in [0.3, 0.4) is 0 Å². The monoisotopic (exact) mass is 583 g/mol. The Labute approximate surface area is 262 Å². The highest BCUT2D eigenvalue weighted by Crippen LogP contribution is 2.35. The van der Waals surface area contributed by atoms with Crippen LogP contribution >= 0.6 is 0 Å². The zero-order valence-electron chi connectivity index (χ0n) is 28.0. The molecule has 0 bridgehead atoms. The molecule has 0 saturated heterocycles. The zero-order chi connectivity index (χ0) is 30.6. The molecule has 0 unspecified atom stereocenters. The summed E-state index contributed by atoms with van der Waals surface area (Å²) in [7, 11) is 0. The van der Waals surface area contributed by atoms with Gasteiger partial charge < -0.3 is 9.47 Å². The second-order valence-corrected chi connectivity index (χ2v) is 12.3. The number of nitrogens with zero attached hydrogens (tertiary/aromatic N) is 1. The SMILES string of the molecule is C=CC[N+](CC=C)(CC=C)c1ccc(OCCCCCCCCCCCC)c(OCCCCCCCCCCCC)c1. The van der Waals surface area contributed by atoms with E-state index in [1.807, 2.05) is 18.2 Å². The predicted octanol–water partition coefficient (Wildman–Crippen LogP) is 12.2. The molecule has 0 fully saturated rings. The standard InChI is InChI=1S/C39H68NO2/c1-6-11-13-15-17-19-21-23-25-27-34-41-38-30-29-37(40(31-8-3,32-9-4)33-10-5)36-39(38)42-35-28-26-24-22-20-18-16-14-12-7-2/h8-10,29-30,36H,3-7,11-28,31-35H2,1-2H3/q+1. The molecule has 0 heterocycles. The van der Waals surface area contributed by atoms with E-state index in [9.17, 15) is 0 Å². The van der Waals surface area contributed by atoms with Crippen molar-refractivity contribution < 1.29 is 9.47 Å². The fraction of sp³-hybridized carbons (Fsp3) is 0.692. The first-order chi connectivity index (χ1) is 20.7. The second-order valence-electron chi connectivity index (χ2n) is 12.3. The van der Waals surface area contributed by atoms with Crippen molar-refractivity contribution in [3.63, 3.8) is 0 Å². The van der Waals surface area contributed by atoms with E-state index >= 15 is 0 Å². The fourth-order valence-electron chi connectivity index (χ4n) is 5.85. The number of unbranched alkanes of at least 4 members (excludes halogenated alkanes) is 18. The van der Waals surface area contributed by atoms with Gasteiger partial charge >= 0.3 is 0 Å². The van der Waals surface area contributed by atoms with Crippen molar-refractivity contribution in [3.8, 4) is 11.5 Å². The summed E-state index contributed by atoms with van der Waals surface area (Å²) in [6, 6.07) is 6.50. The highest BCUT2D eigenvalue weighted by atomic mass is 16.5. The summed E-state index contributed by atoms with van der Waals surface area (Å²) in [5.41, 5.74) is 1.19. The Hall–Kier alpha value is -2.00. The number of hydrogen-bond acceptors (Lipinski definition) is 2. The van der Waals surface area contributed by atoms with Crippen molar-refractivity contribution in [1.82, 2.24) is 4.48 Å². The normalized spacial score (nSPS) is 11.4. The van der Waals surface area contributed by atoms with Crippen molar-refractivity contribution in [3.05, 3.63) is 56.2 Å². The molecule has 0 atom stereocenters. The van der Waals surface area contributed by atoms with E-state index in [0.29, 0.717) is 4.48 Å². The lowest BCUT2D eigenvalue weighted by atomic mass is 10.1. The van der Waals surface area contributed by atoms with Gasteiger partial charge in [-0.05, 0) is 37.1 Å². The summed E-state index contributed by atoms with van der Waals surface area (Å²) in [4.78, 5) is 0. The van der Waals surface area contributed by atoms with Crippen LogP contribution in [0.25, 0.3) is 0 Å². The molecule has 0 saturated carbocycles. The van der Waals surface area contributed by atoms with Gasteiger partial charge in [-0.3, -0.25) is 4.48 Å². The Kier molecular flexibility index (Phi) is 24.1. The number of quaternary nitrogens is 1. The lowest BCUT2D eigenvalue weighted by molar-refractivity contribution is 0.257. The number of hydrogen-bond donors (Lipinski definition) is 0. The van der Waals surface area contributed by atoms with Crippen LogP contribution in [-0.4, -0.2) is 32.8 Å². The van der Waals surface area contributed by atoms with E-state index in [2.05, 4.69) is 51.8 Å². The van der Waals surface area contributed by atoms with Crippen molar-refractivity contribution in [2.24, 2.45) is 0 Å². The minimum absolute atomic E-state index is 0.712. The molecular formula is C39H68NO2+. The largest absolute Gasteiger partial charge is 0.490 e. The average molecular weight is 583 g/mol. The van der Waals surface area contributed by atoms with E-state index < -0.39 is 0 Å². The van der Waals surface area contributed by atoms with E-state index in [1.54, 1.807) is 0 Å². The number of benzene rings is 1. The fourth-order valence-corrected chi connectivity index (χ4v) is 5.85. The van der Waals surface area contributed by atoms with Crippen LogP contribution in [0.1, 0.15) is 142 Å². The first kappa shape index (κ1) is 38.0. The van der Waals surface area contributed by atoms with Crippen molar-refractivity contribution in [2.45, 2.75) is 142 Å². The lowest BCUT2D eigenvalue weighted by Crippen LogP contribution is -2.49. The van der Waals surface area contributed by atoms with Crippen LogP contribution in [-0.2, 0) is 0 Å². The molecule has 0 spiro atoms. The molecule has 0 aliphatic carbocycles. The first-order valence-electron chi connectivity index (χ1n) is 17.8. The van der Waals surface area contributed by atoms with Gasteiger partial charge in [0.25, 0.3) is 0 Å². The molecule has 3 nitrogen and oxygen atoms in total. The maximum atomic E-state index is 6.42. The predicted molar refractivity (Wildman–Crippen MR) is 188 cm³/mol. The van der Waals surface area contributed by atoms with Crippen LogP contribution in [0.5, 0.6) is 11.5 Å². The smallest absolute Gasteiger partial charge is 0.167 e. The van der Waals surface area contributed by atoms with Gasteiger partial charge in [0.05, 0.1) is 13.2 Å². The van der Waals surface area contributed by atoms with Gasteiger partial charge in [0.15, 0.2) is 11.5 Å². The van der Waals surface area contributed by atoms with E-state index in [4.69, 9.17) is 9.47 Å². The Bertz CT molecular complexity index is 775. The first-order valence-corrected chi connectivity index (χ1v) is 17.8. The third-order valence-electron chi connectivity index (χ3n) is 8.42. The van der Waals surface area contributed by atoms with Crippen LogP contribution in [0.2, 0.25) is 0 Å². The number of rotatable bonds is 31. The summed E-state index contributed by atoms with van der Waals surface area (Å²) in [5, 5.41) is 0. The van der Waals surface area contributed by atoms with Gasteiger partial charge in [-0.1, -0.05) is 149 Å². The molecule has 0 aliphatic rings. The summed E-state index contributed by atoms with van der Waals surface area (Å²) in [6.07, 6.45) is 32.5. The highest BCUT2D eigenvalue weighted by Gasteiger charge is 2.28. The van der Waals surface area contributed by atoms with Gasteiger partial charge in [-0.2, -0.15) is 0 Å². The maximum absolute atomic E-state index is 6.42. The third kappa shape index (κ3) is 17.2. The Morgan fingerprint density at radius 2 is 0.857 bits per heavy atom. The van der Waals surface area contributed by atoms with Gasteiger partial charge in [0, 0.05) is 12.1 Å². The minimum atomic E-state index is 0.712. The van der Waals surface area contributed by atoms with E-state index in [-0.39, 0.29) is 0 Å². The molecular weight excluding hydrogens is 514 g/mol. The Balaban J connectivity index is 2.65. The third-order valence-corrected chi connectivity index (χ3v) is 8.42. The van der Waals surface area contributed by atoms with Crippen molar-refractivity contribution in [2.75, 3.05) is 32.8 Å². The lowest BCUT2D eigenvalue weighted by Gasteiger charge is -2.36. The molecule has 0 N–H and O–H groups in total. The molecule has 42 heavy (non-hydrogen) atoms. The molecule has 240 valence electrons. The van der Waals surface area contributed by atoms with Crippen LogP contribution in [0.15, 0.2) is 56.2 Å². The van der Waals surface area contributed by atoms with Crippen molar-refractivity contribution >= 4 is 5.69 Å². The van der Waals surface area contributed by atoms with Gasteiger partial charge in [0.2, 0.25) is 0 Å². The minimum Gasteiger partial charge on any atom is -0.490 e. The molecule has 3 heteroatoms. The maximum Gasteiger partial charge on any atom is 0.167 e. The van der Waals surface area contributed by atoms with Crippen LogP contribution in [0.4, 0.5) is 5.69 Å².